The molecule has 0 N–H and O–H groups in total. The molecule has 7 heteroatoms. The molecule has 0 spiro atoms. The number of rotatable bonds is 1. The maximum atomic E-state index is 12.5. The van der Waals surface area contributed by atoms with Crippen LogP contribution in [0.2, 0.25) is 0 Å². The number of anilines is 1. The van der Waals surface area contributed by atoms with Crippen molar-refractivity contribution >= 4 is 29.4 Å². The average molecular weight is 312 g/mol. The summed E-state index contributed by atoms with van der Waals surface area (Å²) in [5.74, 6) is 1.05. The van der Waals surface area contributed by atoms with Gasteiger partial charge in [0.2, 0.25) is 11.9 Å². The fourth-order valence-corrected chi connectivity index (χ4v) is 3.38. The van der Waals surface area contributed by atoms with Gasteiger partial charge in [-0.2, -0.15) is 0 Å². The molecule has 3 amide bonds. The highest BCUT2D eigenvalue weighted by Crippen LogP contribution is 2.26. The SMILES string of the molecule is Cc1cccc(N2CC[N+]3=C2N=C2C3C(=O)N(C)C(=O)N2C)c1. The molecule has 0 aromatic heterocycles. The molecular weight excluding hydrogens is 294 g/mol. The van der Waals surface area contributed by atoms with Crippen LogP contribution in [0.25, 0.3) is 0 Å². The van der Waals surface area contributed by atoms with Gasteiger partial charge in [-0.15, -0.1) is 0 Å². The molecule has 0 saturated carbocycles. The van der Waals surface area contributed by atoms with Gasteiger partial charge in [0.25, 0.3) is 5.91 Å². The van der Waals surface area contributed by atoms with Gasteiger partial charge in [-0.1, -0.05) is 17.1 Å². The number of urea groups is 1. The second-order valence-electron chi connectivity index (χ2n) is 6.10. The number of amides is 3. The molecule has 118 valence electrons. The fraction of sp³-hybridized carbons (Fsp3) is 0.375. The van der Waals surface area contributed by atoms with E-state index in [9.17, 15) is 9.59 Å². The number of likely N-dealkylation sites (N-methyl/N-ethyl adjacent to an activating group) is 2. The first-order valence-corrected chi connectivity index (χ1v) is 7.60. The summed E-state index contributed by atoms with van der Waals surface area (Å²) in [6.45, 7) is 3.54. The summed E-state index contributed by atoms with van der Waals surface area (Å²) in [7, 11) is 3.18. The molecule has 23 heavy (non-hydrogen) atoms. The van der Waals surface area contributed by atoms with Crippen LogP contribution in [0.15, 0.2) is 29.3 Å². The van der Waals surface area contributed by atoms with E-state index in [2.05, 4.69) is 16.0 Å². The van der Waals surface area contributed by atoms with Crippen LogP contribution in [-0.4, -0.2) is 71.3 Å². The summed E-state index contributed by atoms with van der Waals surface area (Å²) in [5, 5.41) is 0. The Kier molecular flexibility index (Phi) is 2.81. The van der Waals surface area contributed by atoms with Crippen molar-refractivity contribution in [3.8, 4) is 0 Å². The van der Waals surface area contributed by atoms with Crippen molar-refractivity contribution in [1.29, 1.82) is 0 Å². The number of hydrogen-bond donors (Lipinski definition) is 0. The number of benzene rings is 1. The third-order valence-electron chi connectivity index (χ3n) is 4.63. The van der Waals surface area contributed by atoms with Crippen LogP contribution < -0.4 is 4.90 Å². The monoisotopic (exact) mass is 312 g/mol. The quantitative estimate of drug-likeness (QED) is 0.709. The molecule has 0 radical (unpaired) electrons. The lowest BCUT2D eigenvalue weighted by molar-refractivity contribution is -0.525. The molecule has 0 bridgehead atoms. The topological polar surface area (TPSA) is 59.2 Å². The van der Waals surface area contributed by atoms with Crippen molar-refractivity contribution < 1.29 is 14.2 Å². The number of aliphatic imine (C=N–C) groups is 1. The van der Waals surface area contributed by atoms with Gasteiger partial charge in [-0.25, -0.2) is 14.3 Å². The van der Waals surface area contributed by atoms with Crippen molar-refractivity contribution in [3.05, 3.63) is 29.8 Å². The predicted molar refractivity (Wildman–Crippen MR) is 85.8 cm³/mol. The van der Waals surface area contributed by atoms with E-state index in [-0.39, 0.29) is 11.9 Å². The van der Waals surface area contributed by atoms with Crippen molar-refractivity contribution in [2.24, 2.45) is 4.99 Å². The molecule has 1 aromatic rings. The van der Waals surface area contributed by atoms with Crippen LogP contribution in [0, 0.1) is 6.92 Å². The zero-order valence-corrected chi connectivity index (χ0v) is 13.4. The molecule has 1 unspecified atom stereocenters. The molecule has 4 rings (SSSR count). The van der Waals surface area contributed by atoms with Crippen LogP contribution in [0.5, 0.6) is 0 Å². The number of carbonyl (C=O) groups is 2. The van der Waals surface area contributed by atoms with Crippen LogP contribution in [0.3, 0.4) is 0 Å². The number of carbonyl (C=O) groups excluding carboxylic acids is 2. The number of guanidine groups is 1. The number of amidine groups is 1. The molecule has 1 fully saturated rings. The Morgan fingerprint density at radius 2 is 2.00 bits per heavy atom. The Hall–Kier alpha value is -2.70. The molecule has 1 atom stereocenters. The second kappa shape index (κ2) is 4.65. The zero-order valence-electron chi connectivity index (χ0n) is 13.4. The Morgan fingerprint density at radius 1 is 1.22 bits per heavy atom. The summed E-state index contributed by atoms with van der Waals surface area (Å²) >= 11 is 0. The van der Waals surface area contributed by atoms with Crippen molar-refractivity contribution in [1.82, 2.24) is 9.80 Å². The van der Waals surface area contributed by atoms with E-state index >= 15 is 0 Å². The molecule has 3 aliphatic rings. The van der Waals surface area contributed by atoms with Crippen LogP contribution in [0.4, 0.5) is 10.5 Å². The Morgan fingerprint density at radius 3 is 2.74 bits per heavy atom. The lowest BCUT2D eigenvalue weighted by Gasteiger charge is -2.31. The Bertz CT molecular complexity index is 797. The smallest absolute Gasteiger partial charge is 0.270 e. The fourth-order valence-electron chi connectivity index (χ4n) is 3.38. The van der Waals surface area contributed by atoms with E-state index in [1.54, 1.807) is 7.05 Å². The standard InChI is InChI=1S/C16H18N5O2/c1-10-5-4-6-11(9-10)20-7-8-21-12-13(17-15(20)21)18(2)16(23)19(3)14(12)22/h4-6,9,12H,7-8H2,1-3H3/q+1. The first-order valence-electron chi connectivity index (χ1n) is 7.60. The van der Waals surface area contributed by atoms with E-state index in [1.807, 2.05) is 29.7 Å². The number of fused-ring (bicyclic) bond motifs is 2. The van der Waals surface area contributed by atoms with Crippen LogP contribution in [-0.2, 0) is 4.79 Å². The van der Waals surface area contributed by atoms with Crippen molar-refractivity contribution in [2.45, 2.75) is 13.0 Å². The predicted octanol–water partition coefficient (Wildman–Crippen LogP) is 0.488. The maximum Gasteiger partial charge on any atom is 0.397 e. The van der Waals surface area contributed by atoms with E-state index in [4.69, 9.17) is 0 Å². The van der Waals surface area contributed by atoms with Gasteiger partial charge in [0, 0.05) is 14.1 Å². The molecule has 1 saturated heterocycles. The number of hydrogen-bond acceptors (Lipinski definition) is 4. The molecule has 3 aliphatic heterocycles. The van der Waals surface area contributed by atoms with Crippen LogP contribution in [0.1, 0.15) is 5.56 Å². The maximum absolute atomic E-state index is 12.5. The highest BCUT2D eigenvalue weighted by atomic mass is 16.2. The zero-order chi connectivity index (χ0) is 16.3. The second-order valence-corrected chi connectivity index (χ2v) is 6.10. The first kappa shape index (κ1) is 13.9. The van der Waals surface area contributed by atoms with Crippen molar-refractivity contribution in [3.63, 3.8) is 0 Å². The lowest BCUT2D eigenvalue weighted by atomic mass is 10.1. The van der Waals surface area contributed by atoms with E-state index < -0.39 is 6.04 Å². The normalized spacial score (nSPS) is 23.5. The Balaban J connectivity index is 1.77. The van der Waals surface area contributed by atoms with Gasteiger partial charge in [-0.05, 0) is 24.6 Å². The third kappa shape index (κ3) is 1.82. The van der Waals surface area contributed by atoms with Crippen LogP contribution >= 0.6 is 0 Å². The van der Waals surface area contributed by atoms with Gasteiger partial charge in [0.1, 0.15) is 12.2 Å². The molecule has 0 aliphatic carbocycles. The minimum Gasteiger partial charge on any atom is -0.270 e. The first-order chi connectivity index (χ1) is 11.0. The third-order valence-corrected chi connectivity index (χ3v) is 4.63. The average Bonchev–Trinajstić information content (AvgIpc) is 3.09. The summed E-state index contributed by atoms with van der Waals surface area (Å²) in [5.41, 5.74) is 2.23. The number of imide groups is 1. The van der Waals surface area contributed by atoms with Gasteiger partial charge in [0.05, 0.1) is 6.54 Å². The Labute approximate surface area is 134 Å². The molecule has 1 aromatic carbocycles. The largest absolute Gasteiger partial charge is 0.397 e. The number of nitrogens with zero attached hydrogens (tertiary/aromatic N) is 5. The highest BCUT2D eigenvalue weighted by molar-refractivity contribution is 6.24. The van der Waals surface area contributed by atoms with E-state index in [1.165, 1.54) is 22.4 Å². The van der Waals surface area contributed by atoms with Gasteiger partial charge >= 0.3 is 12.0 Å². The van der Waals surface area contributed by atoms with Gasteiger partial charge in [-0.3, -0.25) is 14.6 Å². The minimum absolute atomic E-state index is 0.215. The van der Waals surface area contributed by atoms with E-state index in [0.717, 1.165) is 18.2 Å². The summed E-state index contributed by atoms with van der Waals surface area (Å²) in [6.07, 6.45) is 0. The highest BCUT2D eigenvalue weighted by Gasteiger charge is 2.54. The van der Waals surface area contributed by atoms with E-state index in [0.29, 0.717) is 12.4 Å². The summed E-state index contributed by atoms with van der Waals surface area (Å²) in [4.78, 5) is 34.0. The van der Waals surface area contributed by atoms with Crippen molar-refractivity contribution in [2.75, 3.05) is 32.1 Å². The minimum atomic E-state index is -0.493. The van der Waals surface area contributed by atoms with Gasteiger partial charge in [0.15, 0.2) is 0 Å². The molecule has 3 heterocycles. The van der Waals surface area contributed by atoms with Gasteiger partial charge < -0.3 is 0 Å². The molecule has 7 nitrogen and oxygen atoms in total. The summed E-state index contributed by atoms with van der Waals surface area (Å²) < 4.78 is 1.99. The number of aryl methyl sites for hydroxylation is 1. The molecular formula is C16H18N5O2+. The lowest BCUT2D eigenvalue weighted by Crippen LogP contribution is -2.61. The summed E-state index contributed by atoms with van der Waals surface area (Å²) in [6, 6.07) is 7.36.